The lowest BCUT2D eigenvalue weighted by Gasteiger charge is -2.31. The van der Waals surface area contributed by atoms with E-state index < -0.39 is 20.0 Å². The molecule has 0 saturated heterocycles. The second-order valence-corrected chi connectivity index (χ2v) is 11.0. The van der Waals surface area contributed by atoms with Crippen molar-refractivity contribution in [2.75, 3.05) is 21.3 Å². The summed E-state index contributed by atoms with van der Waals surface area (Å²) in [7, 11) is -7.17. The van der Waals surface area contributed by atoms with Crippen molar-refractivity contribution in [2.24, 2.45) is 0 Å². The Morgan fingerprint density at radius 2 is 1.78 bits per heavy atom. The van der Waals surface area contributed by atoms with Gasteiger partial charge in [-0.3, -0.25) is 9.03 Å². The number of hydrogen-bond acceptors (Lipinski definition) is 4. The van der Waals surface area contributed by atoms with Gasteiger partial charge in [-0.15, -0.1) is 0 Å². The molecule has 6 nitrogen and oxygen atoms in total. The molecule has 0 saturated carbocycles. The van der Waals surface area contributed by atoms with Gasteiger partial charge < -0.3 is 0 Å². The van der Waals surface area contributed by atoms with E-state index in [9.17, 15) is 16.8 Å². The first-order valence-corrected chi connectivity index (χ1v) is 12.5. The fourth-order valence-electron chi connectivity index (χ4n) is 3.09. The Balaban J connectivity index is 1.94. The van der Waals surface area contributed by atoms with Crippen LogP contribution in [0.4, 0.5) is 11.4 Å². The van der Waals surface area contributed by atoms with Crippen molar-refractivity contribution < 1.29 is 16.8 Å². The zero-order valence-electron chi connectivity index (χ0n) is 14.9. The molecule has 0 atom stereocenters. The van der Waals surface area contributed by atoms with Gasteiger partial charge in [0.05, 0.1) is 22.0 Å². The van der Waals surface area contributed by atoms with E-state index in [-0.39, 0.29) is 10.6 Å². The van der Waals surface area contributed by atoms with Crippen LogP contribution in [-0.2, 0) is 26.5 Å². The van der Waals surface area contributed by atoms with E-state index in [0.29, 0.717) is 24.3 Å². The number of rotatable bonds is 6. The highest BCUT2D eigenvalue weighted by atomic mass is 79.9. The van der Waals surface area contributed by atoms with Crippen LogP contribution >= 0.6 is 15.9 Å². The maximum absolute atomic E-state index is 12.6. The van der Waals surface area contributed by atoms with Gasteiger partial charge in [0.15, 0.2) is 0 Å². The second-order valence-electron chi connectivity index (χ2n) is 6.39. The number of anilines is 2. The number of hydrogen-bond donors (Lipinski definition) is 1. The van der Waals surface area contributed by atoms with Gasteiger partial charge in [0.2, 0.25) is 10.0 Å². The number of nitrogens with one attached hydrogen (secondary N) is 1. The molecule has 1 aliphatic heterocycles. The van der Waals surface area contributed by atoms with Gasteiger partial charge in [-0.1, -0.05) is 28.9 Å². The molecule has 2 aromatic carbocycles. The van der Waals surface area contributed by atoms with Crippen molar-refractivity contribution in [3.63, 3.8) is 0 Å². The number of aryl methyl sites for hydroxylation is 1. The number of benzene rings is 2. The summed E-state index contributed by atoms with van der Waals surface area (Å²) in [4.78, 5) is 0.138. The Labute approximate surface area is 168 Å². The average Bonchev–Trinajstić information content (AvgIpc) is 2.61. The average molecular weight is 473 g/mol. The van der Waals surface area contributed by atoms with E-state index >= 15 is 0 Å². The van der Waals surface area contributed by atoms with Gasteiger partial charge in [0.25, 0.3) is 10.0 Å². The van der Waals surface area contributed by atoms with Crippen LogP contribution in [0.5, 0.6) is 0 Å². The fraction of sp³-hybridized carbons (Fsp3) is 0.333. The normalized spacial score (nSPS) is 14.7. The van der Waals surface area contributed by atoms with E-state index in [0.717, 1.165) is 22.9 Å². The summed E-state index contributed by atoms with van der Waals surface area (Å²) >= 11 is 3.28. The number of fused-ring (bicyclic) bond motifs is 1. The molecule has 1 aliphatic rings. The van der Waals surface area contributed by atoms with E-state index in [1.807, 2.05) is 6.92 Å². The highest BCUT2D eigenvalue weighted by Gasteiger charge is 2.27. The van der Waals surface area contributed by atoms with Gasteiger partial charge in [0.1, 0.15) is 0 Å². The maximum atomic E-state index is 12.6. The molecule has 1 heterocycles. The van der Waals surface area contributed by atoms with E-state index in [2.05, 4.69) is 20.7 Å². The summed E-state index contributed by atoms with van der Waals surface area (Å²) in [5.74, 6) is 0.0707. The highest BCUT2D eigenvalue weighted by molar-refractivity contribution is 9.10. The van der Waals surface area contributed by atoms with Crippen LogP contribution in [0.2, 0.25) is 0 Å². The van der Waals surface area contributed by atoms with E-state index in [4.69, 9.17) is 0 Å². The standard InChI is InChI=1S/C18H21BrN2O4S2/c1-2-12-26(22,23)21-11-3-4-14-5-8-16(13-18(14)21)20-27(24,25)17-9-6-15(19)7-10-17/h5-10,13,20H,2-4,11-12H2,1H3. The number of sulfonamides is 2. The molecule has 0 unspecified atom stereocenters. The first-order chi connectivity index (χ1) is 12.7. The highest BCUT2D eigenvalue weighted by Crippen LogP contribution is 2.33. The van der Waals surface area contributed by atoms with Crippen LogP contribution in [0.1, 0.15) is 25.3 Å². The van der Waals surface area contributed by atoms with Crippen molar-refractivity contribution in [1.29, 1.82) is 0 Å². The fourth-order valence-corrected chi connectivity index (χ4v) is 6.02. The Kier molecular flexibility index (Phi) is 5.83. The van der Waals surface area contributed by atoms with E-state index in [1.54, 1.807) is 30.3 Å². The van der Waals surface area contributed by atoms with Crippen LogP contribution in [0, 0.1) is 0 Å². The van der Waals surface area contributed by atoms with Crippen LogP contribution in [0.25, 0.3) is 0 Å². The Morgan fingerprint density at radius 3 is 2.44 bits per heavy atom. The van der Waals surface area contributed by atoms with Crippen molar-refractivity contribution in [3.8, 4) is 0 Å². The third-order valence-electron chi connectivity index (χ3n) is 4.34. The molecule has 27 heavy (non-hydrogen) atoms. The first-order valence-electron chi connectivity index (χ1n) is 8.65. The third-order valence-corrected chi connectivity index (χ3v) is 8.24. The minimum atomic E-state index is -3.76. The van der Waals surface area contributed by atoms with E-state index in [1.165, 1.54) is 16.4 Å². The molecule has 0 amide bonds. The molecule has 0 bridgehead atoms. The lowest BCUT2D eigenvalue weighted by Crippen LogP contribution is -2.37. The lowest BCUT2D eigenvalue weighted by atomic mass is 10.0. The zero-order valence-corrected chi connectivity index (χ0v) is 18.1. The molecule has 0 fully saturated rings. The first kappa shape index (κ1) is 20.2. The molecular weight excluding hydrogens is 452 g/mol. The number of nitrogens with zero attached hydrogens (tertiary/aromatic N) is 1. The molecule has 9 heteroatoms. The monoisotopic (exact) mass is 472 g/mol. The lowest BCUT2D eigenvalue weighted by molar-refractivity contribution is 0.585. The molecule has 0 aromatic heterocycles. The van der Waals surface area contributed by atoms with Crippen molar-refractivity contribution in [2.45, 2.75) is 31.1 Å². The maximum Gasteiger partial charge on any atom is 0.261 e. The Morgan fingerprint density at radius 1 is 1.07 bits per heavy atom. The van der Waals surface area contributed by atoms with Crippen molar-refractivity contribution >= 4 is 47.4 Å². The summed E-state index contributed by atoms with van der Waals surface area (Å²) < 4.78 is 55.1. The van der Waals surface area contributed by atoms with Gasteiger partial charge in [-0.25, -0.2) is 16.8 Å². The van der Waals surface area contributed by atoms with Gasteiger partial charge in [0, 0.05) is 11.0 Å². The smallest absolute Gasteiger partial charge is 0.261 e. The third kappa shape index (κ3) is 4.47. The zero-order chi connectivity index (χ0) is 19.7. The largest absolute Gasteiger partial charge is 0.280 e. The summed E-state index contributed by atoms with van der Waals surface area (Å²) in [5.41, 5.74) is 1.81. The van der Waals surface area contributed by atoms with Gasteiger partial charge >= 0.3 is 0 Å². The summed E-state index contributed by atoms with van der Waals surface area (Å²) in [5, 5.41) is 0. The quantitative estimate of drug-likeness (QED) is 0.693. The van der Waals surface area contributed by atoms with Gasteiger partial charge in [-0.05, 0) is 61.2 Å². The molecule has 2 aromatic rings. The summed E-state index contributed by atoms with van der Waals surface area (Å²) in [6.07, 6.45) is 2.05. The molecule has 0 aliphatic carbocycles. The minimum absolute atomic E-state index is 0.0707. The van der Waals surface area contributed by atoms with Crippen LogP contribution in [0.3, 0.4) is 0 Å². The van der Waals surface area contributed by atoms with Crippen LogP contribution in [-0.4, -0.2) is 29.1 Å². The summed E-state index contributed by atoms with van der Waals surface area (Å²) in [6, 6.07) is 11.4. The molecule has 146 valence electrons. The molecular formula is C18H21BrN2O4S2. The summed E-state index contributed by atoms with van der Waals surface area (Å²) in [6.45, 7) is 2.24. The Bertz CT molecular complexity index is 1040. The van der Waals surface area contributed by atoms with Crippen LogP contribution < -0.4 is 9.03 Å². The van der Waals surface area contributed by atoms with Gasteiger partial charge in [-0.2, -0.15) is 0 Å². The predicted octanol–water partition coefficient (Wildman–Crippen LogP) is 3.74. The van der Waals surface area contributed by atoms with Crippen LogP contribution in [0.15, 0.2) is 51.8 Å². The molecule has 0 radical (unpaired) electrons. The van der Waals surface area contributed by atoms with Crippen molar-refractivity contribution in [1.82, 2.24) is 0 Å². The molecule has 3 rings (SSSR count). The minimum Gasteiger partial charge on any atom is -0.280 e. The Hall–Kier alpha value is -1.58. The predicted molar refractivity (Wildman–Crippen MR) is 111 cm³/mol. The molecule has 1 N–H and O–H groups in total. The van der Waals surface area contributed by atoms with Crippen molar-refractivity contribution in [3.05, 3.63) is 52.5 Å². The topological polar surface area (TPSA) is 83.6 Å². The number of halogens is 1. The molecule has 0 spiro atoms. The second kappa shape index (κ2) is 7.81. The SMILES string of the molecule is CCCS(=O)(=O)N1CCCc2ccc(NS(=O)(=O)c3ccc(Br)cc3)cc21.